The van der Waals surface area contributed by atoms with Crippen LogP contribution in [0.2, 0.25) is 0 Å². The molecule has 2 N–H and O–H groups in total. The van der Waals surface area contributed by atoms with Crippen LogP contribution in [0.1, 0.15) is 37.0 Å². The van der Waals surface area contributed by atoms with Crippen LogP contribution in [0.4, 0.5) is 5.69 Å². The van der Waals surface area contributed by atoms with Crippen LogP contribution in [0.5, 0.6) is 11.5 Å². The highest BCUT2D eigenvalue weighted by Crippen LogP contribution is 2.36. The van der Waals surface area contributed by atoms with E-state index in [2.05, 4.69) is 0 Å². The average Bonchev–Trinajstić information content (AvgIpc) is 2.61. The number of halogens is 1. The molecule has 0 aromatic heterocycles. The summed E-state index contributed by atoms with van der Waals surface area (Å²) in [7, 11) is 1.44. The Balaban J connectivity index is 0.00000338. The fraction of sp³-hybridized carbons (Fsp3) is 0.588. The van der Waals surface area contributed by atoms with E-state index < -0.39 is 4.92 Å². The minimum Gasteiger partial charge on any atom is -0.493 e. The van der Waals surface area contributed by atoms with Crippen molar-refractivity contribution >= 4 is 24.0 Å². The van der Waals surface area contributed by atoms with E-state index in [1.165, 1.54) is 19.2 Å². The smallest absolute Gasteiger partial charge is 0.286 e. The molecule has 1 atom stereocenters. The van der Waals surface area contributed by atoms with Gasteiger partial charge in [-0.1, -0.05) is 0 Å². The molecule has 1 unspecified atom stereocenters. The highest BCUT2D eigenvalue weighted by Gasteiger charge is 2.31. The van der Waals surface area contributed by atoms with Crippen molar-refractivity contribution in [3.63, 3.8) is 0 Å². The molecule has 1 aromatic carbocycles. The lowest BCUT2D eigenvalue weighted by Crippen LogP contribution is -2.42. The lowest BCUT2D eigenvalue weighted by atomic mass is 9.90. The SMILES string of the molecule is CCOc1cc([N+](=O)[O-])c(C(=O)N2CCC(C(C)N)CC2)cc1OC.Cl. The normalized spacial score (nSPS) is 15.8. The minimum absolute atomic E-state index is 0. The van der Waals surface area contributed by atoms with Gasteiger partial charge in [0.05, 0.1) is 24.7 Å². The lowest BCUT2D eigenvalue weighted by molar-refractivity contribution is -0.385. The average molecular weight is 388 g/mol. The van der Waals surface area contributed by atoms with Gasteiger partial charge >= 0.3 is 0 Å². The summed E-state index contributed by atoms with van der Waals surface area (Å²) in [6.07, 6.45) is 1.59. The van der Waals surface area contributed by atoms with Crippen molar-refractivity contribution in [3.05, 3.63) is 27.8 Å². The van der Waals surface area contributed by atoms with E-state index in [0.717, 1.165) is 12.8 Å². The summed E-state index contributed by atoms with van der Waals surface area (Å²) in [6.45, 7) is 5.15. The Kier molecular flexibility index (Phi) is 8.10. The number of nitrogens with zero attached hydrogens (tertiary/aromatic N) is 2. The molecule has 1 saturated heterocycles. The van der Waals surface area contributed by atoms with Gasteiger partial charge in [0, 0.05) is 25.2 Å². The van der Waals surface area contributed by atoms with E-state index in [4.69, 9.17) is 15.2 Å². The third-order valence-corrected chi connectivity index (χ3v) is 4.58. The van der Waals surface area contributed by atoms with E-state index >= 15 is 0 Å². The summed E-state index contributed by atoms with van der Waals surface area (Å²) in [5.74, 6) is 0.565. The topological polar surface area (TPSA) is 108 Å². The lowest BCUT2D eigenvalue weighted by Gasteiger charge is -2.33. The van der Waals surface area contributed by atoms with E-state index in [1.807, 2.05) is 6.92 Å². The monoisotopic (exact) mass is 387 g/mol. The highest BCUT2D eigenvalue weighted by molar-refractivity contribution is 5.99. The molecule has 2 rings (SSSR count). The third-order valence-electron chi connectivity index (χ3n) is 4.58. The van der Waals surface area contributed by atoms with E-state index in [0.29, 0.717) is 31.4 Å². The number of rotatable bonds is 6. The standard InChI is InChI=1S/C17H25N3O5.ClH/c1-4-25-16-10-14(20(22)23)13(9-15(16)24-3)17(21)19-7-5-12(6-8-19)11(2)18;/h9-12H,4-8,18H2,1-3H3;1H. The first kappa shape index (κ1) is 22.0. The maximum atomic E-state index is 12.8. The second kappa shape index (κ2) is 9.59. The third kappa shape index (κ3) is 4.76. The molecule has 0 bridgehead atoms. The maximum Gasteiger partial charge on any atom is 0.286 e. The van der Waals surface area contributed by atoms with Gasteiger partial charge in [-0.2, -0.15) is 0 Å². The predicted octanol–water partition coefficient (Wildman–Crippen LogP) is 2.62. The Morgan fingerprint density at radius 2 is 2.00 bits per heavy atom. The molecule has 1 aliphatic rings. The number of nitro benzene ring substituents is 1. The number of methoxy groups -OCH3 is 1. The Morgan fingerprint density at radius 1 is 1.38 bits per heavy atom. The zero-order valence-electron chi connectivity index (χ0n) is 15.3. The Labute approximate surface area is 159 Å². The van der Waals surface area contributed by atoms with Gasteiger partial charge in [-0.15, -0.1) is 12.4 Å². The molecule has 1 amide bonds. The fourth-order valence-corrected chi connectivity index (χ4v) is 3.10. The summed E-state index contributed by atoms with van der Waals surface area (Å²) in [5.41, 5.74) is 5.67. The van der Waals surface area contributed by atoms with E-state index in [1.54, 1.807) is 11.8 Å². The first-order chi connectivity index (χ1) is 11.9. The zero-order chi connectivity index (χ0) is 18.6. The zero-order valence-corrected chi connectivity index (χ0v) is 16.1. The van der Waals surface area contributed by atoms with Gasteiger partial charge in [-0.3, -0.25) is 14.9 Å². The Bertz CT molecular complexity index is 646. The van der Waals surface area contributed by atoms with Gasteiger partial charge < -0.3 is 20.1 Å². The van der Waals surface area contributed by atoms with Crippen LogP contribution in [0, 0.1) is 16.0 Å². The molecular weight excluding hydrogens is 362 g/mol. The number of ether oxygens (including phenoxy) is 2. The van der Waals surface area contributed by atoms with Gasteiger partial charge in [-0.05, 0) is 32.6 Å². The van der Waals surface area contributed by atoms with Crippen LogP contribution in [-0.4, -0.2) is 48.6 Å². The number of hydrogen-bond acceptors (Lipinski definition) is 6. The molecule has 1 aliphatic heterocycles. The van der Waals surface area contributed by atoms with Gasteiger partial charge in [0.25, 0.3) is 11.6 Å². The number of carbonyl (C=O) groups excluding carboxylic acids is 1. The molecule has 0 aliphatic carbocycles. The minimum atomic E-state index is -0.566. The summed E-state index contributed by atoms with van der Waals surface area (Å²) in [6, 6.07) is 2.73. The van der Waals surface area contributed by atoms with Crippen molar-refractivity contribution in [1.82, 2.24) is 4.90 Å². The fourth-order valence-electron chi connectivity index (χ4n) is 3.10. The number of nitrogens with two attached hydrogens (primary N) is 1. The number of carbonyl (C=O) groups is 1. The molecule has 1 fully saturated rings. The summed E-state index contributed by atoms with van der Waals surface area (Å²) < 4.78 is 10.6. The summed E-state index contributed by atoms with van der Waals surface area (Å²) in [5, 5.41) is 11.4. The van der Waals surface area contributed by atoms with Crippen LogP contribution in [0.25, 0.3) is 0 Å². The molecule has 8 nitrogen and oxygen atoms in total. The summed E-state index contributed by atoms with van der Waals surface area (Å²) >= 11 is 0. The highest BCUT2D eigenvalue weighted by atomic mass is 35.5. The summed E-state index contributed by atoms with van der Waals surface area (Å²) in [4.78, 5) is 25.3. The van der Waals surface area contributed by atoms with Crippen molar-refractivity contribution in [3.8, 4) is 11.5 Å². The van der Waals surface area contributed by atoms with Crippen molar-refractivity contribution < 1.29 is 19.2 Å². The molecule has 146 valence electrons. The molecule has 1 aromatic rings. The van der Waals surface area contributed by atoms with Crippen LogP contribution < -0.4 is 15.2 Å². The van der Waals surface area contributed by atoms with Crippen LogP contribution in [-0.2, 0) is 0 Å². The van der Waals surface area contributed by atoms with Crippen LogP contribution in [0.15, 0.2) is 12.1 Å². The van der Waals surface area contributed by atoms with Crippen molar-refractivity contribution in [1.29, 1.82) is 0 Å². The van der Waals surface area contributed by atoms with Crippen molar-refractivity contribution in [2.24, 2.45) is 11.7 Å². The number of likely N-dealkylation sites (tertiary alicyclic amines) is 1. The second-order valence-corrected chi connectivity index (χ2v) is 6.20. The first-order valence-electron chi connectivity index (χ1n) is 8.43. The van der Waals surface area contributed by atoms with Gasteiger partial charge in [0.2, 0.25) is 0 Å². The maximum absolute atomic E-state index is 12.8. The second-order valence-electron chi connectivity index (χ2n) is 6.20. The quantitative estimate of drug-likeness (QED) is 0.593. The van der Waals surface area contributed by atoms with Crippen molar-refractivity contribution in [2.75, 3.05) is 26.8 Å². The number of nitro groups is 1. The number of piperidine rings is 1. The Morgan fingerprint density at radius 3 is 2.46 bits per heavy atom. The molecule has 0 radical (unpaired) electrons. The predicted molar refractivity (Wildman–Crippen MR) is 100 cm³/mol. The van der Waals surface area contributed by atoms with Crippen LogP contribution >= 0.6 is 12.4 Å². The van der Waals surface area contributed by atoms with Crippen molar-refractivity contribution in [2.45, 2.75) is 32.7 Å². The molecule has 0 saturated carbocycles. The molecule has 0 spiro atoms. The largest absolute Gasteiger partial charge is 0.493 e. The molecular formula is C17H26ClN3O5. The van der Waals surface area contributed by atoms with Gasteiger partial charge in [0.15, 0.2) is 11.5 Å². The molecule has 26 heavy (non-hydrogen) atoms. The van der Waals surface area contributed by atoms with Gasteiger partial charge in [0.1, 0.15) is 5.56 Å². The number of benzene rings is 1. The van der Waals surface area contributed by atoms with Gasteiger partial charge in [-0.25, -0.2) is 0 Å². The van der Waals surface area contributed by atoms with Crippen LogP contribution in [0.3, 0.4) is 0 Å². The molecule has 1 heterocycles. The molecule has 9 heteroatoms. The van der Waals surface area contributed by atoms with E-state index in [-0.39, 0.29) is 41.4 Å². The Hall–Kier alpha value is -2.06. The number of amides is 1. The first-order valence-corrected chi connectivity index (χ1v) is 8.43. The van der Waals surface area contributed by atoms with E-state index in [9.17, 15) is 14.9 Å². The number of hydrogen-bond donors (Lipinski definition) is 1.